The fraction of sp³-hybridized carbons (Fsp3) is 0.0566. The maximum Gasteiger partial charge on any atom is 0.160 e. The van der Waals surface area contributed by atoms with Crippen LogP contribution in [0.2, 0.25) is 0 Å². The average molecular weight is 703 g/mol. The van der Waals surface area contributed by atoms with Gasteiger partial charge in [0.2, 0.25) is 0 Å². The first-order valence-electron chi connectivity index (χ1n) is 19.0. The second-order valence-electron chi connectivity index (χ2n) is 15.0. The molecule has 0 bridgehead atoms. The van der Waals surface area contributed by atoms with Crippen LogP contribution in [0.4, 0.5) is 0 Å². The number of aromatic nitrogens is 2. The van der Waals surface area contributed by atoms with E-state index in [1.165, 1.54) is 49.7 Å². The fourth-order valence-corrected chi connectivity index (χ4v) is 8.36. The number of fused-ring (bicyclic) bond motifs is 4. The van der Waals surface area contributed by atoms with Crippen LogP contribution in [0, 0.1) is 0 Å². The predicted molar refractivity (Wildman–Crippen MR) is 230 cm³/mol. The Balaban J connectivity index is 1.02. The molecular formula is C53H38N2. The molecule has 0 unspecified atom stereocenters. The zero-order valence-electron chi connectivity index (χ0n) is 30.9. The molecule has 1 aliphatic rings. The summed E-state index contributed by atoms with van der Waals surface area (Å²) in [5, 5.41) is 2.57. The van der Waals surface area contributed by atoms with Gasteiger partial charge >= 0.3 is 0 Å². The molecule has 0 radical (unpaired) electrons. The Bertz CT molecular complexity index is 2870. The molecule has 0 amide bonds. The second kappa shape index (κ2) is 13.2. The minimum atomic E-state index is -0.0724. The van der Waals surface area contributed by atoms with Gasteiger partial charge in [-0.1, -0.05) is 178 Å². The Labute approximate surface area is 322 Å². The third-order valence-electron chi connectivity index (χ3n) is 11.3. The molecule has 9 aromatic rings. The minimum absolute atomic E-state index is 0.0724. The smallest absolute Gasteiger partial charge is 0.160 e. The maximum atomic E-state index is 5.14. The van der Waals surface area contributed by atoms with Crippen molar-refractivity contribution in [3.63, 3.8) is 0 Å². The van der Waals surface area contributed by atoms with Crippen molar-refractivity contribution in [3.8, 4) is 78.4 Å². The summed E-state index contributed by atoms with van der Waals surface area (Å²) in [5.41, 5.74) is 17.4. The molecule has 0 spiro atoms. The summed E-state index contributed by atoms with van der Waals surface area (Å²) in [5.74, 6) is 0.709. The molecule has 10 rings (SSSR count). The van der Waals surface area contributed by atoms with Gasteiger partial charge in [0.15, 0.2) is 5.82 Å². The Morgan fingerprint density at radius 2 is 0.818 bits per heavy atom. The number of nitrogens with zero attached hydrogens (tertiary/aromatic N) is 2. The molecule has 1 aromatic heterocycles. The van der Waals surface area contributed by atoms with E-state index < -0.39 is 0 Å². The fourth-order valence-electron chi connectivity index (χ4n) is 8.36. The van der Waals surface area contributed by atoms with E-state index in [1.54, 1.807) is 0 Å². The van der Waals surface area contributed by atoms with Crippen molar-refractivity contribution in [2.75, 3.05) is 0 Å². The van der Waals surface area contributed by atoms with E-state index in [2.05, 4.69) is 184 Å². The first-order valence-corrected chi connectivity index (χ1v) is 19.0. The maximum absolute atomic E-state index is 5.14. The van der Waals surface area contributed by atoms with E-state index in [9.17, 15) is 0 Å². The number of hydrogen-bond acceptors (Lipinski definition) is 2. The summed E-state index contributed by atoms with van der Waals surface area (Å²) < 4.78 is 0. The van der Waals surface area contributed by atoms with E-state index in [4.69, 9.17) is 9.97 Å². The molecule has 2 heteroatoms. The molecule has 0 atom stereocenters. The van der Waals surface area contributed by atoms with Crippen molar-refractivity contribution in [3.05, 3.63) is 205 Å². The number of rotatable bonds is 6. The number of hydrogen-bond donors (Lipinski definition) is 0. The van der Waals surface area contributed by atoms with E-state index in [1.807, 2.05) is 24.3 Å². The molecule has 0 saturated carbocycles. The predicted octanol–water partition coefficient (Wildman–Crippen LogP) is 13.9. The van der Waals surface area contributed by atoms with Gasteiger partial charge in [-0.3, -0.25) is 0 Å². The zero-order chi connectivity index (χ0) is 36.9. The van der Waals surface area contributed by atoms with Crippen molar-refractivity contribution in [2.24, 2.45) is 0 Å². The van der Waals surface area contributed by atoms with Crippen LogP contribution in [0.15, 0.2) is 194 Å². The lowest BCUT2D eigenvalue weighted by Gasteiger charge is -2.22. The Hall–Kier alpha value is -6.90. The molecule has 0 fully saturated rings. The van der Waals surface area contributed by atoms with Gasteiger partial charge in [0.05, 0.1) is 11.4 Å². The van der Waals surface area contributed by atoms with Gasteiger partial charge in [-0.25, -0.2) is 9.97 Å². The van der Waals surface area contributed by atoms with Gasteiger partial charge < -0.3 is 0 Å². The van der Waals surface area contributed by atoms with Crippen molar-refractivity contribution in [1.29, 1.82) is 0 Å². The van der Waals surface area contributed by atoms with Crippen molar-refractivity contribution < 1.29 is 0 Å². The minimum Gasteiger partial charge on any atom is -0.228 e. The first-order chi connectivity index (χ1) is 27.0. The van der Waals surface area contributed by atoms with E-state index in [-0.39, 0.29) is 5.41 Å². The van der Waals surface area contributed by atoms with Gasteiger partial charge in [0.1, 0.15) is 0 Å². The molecule has 0 N–H and O–H groups in total. The van der Waals surface area contributed by atoms with E-state index in [0.717, 1.165) is 44.8 Å². The highest BCUT2D eigenvalue weighted by molar-refractivity contribution is 5.98. The molecule has 0 saturated heterocycles. The molecule has 0 aliphatic heterocycles. The van der Waals surface area contributed by atoms with E-state index >= 15 is 0 Å². The summed E-state index contributed by atoms with van der Waals surface area (Å²) in [6.45, 7) is 4.72. The average Bonchev–Trinajstić information content (AvgIpc) is 3.48. The van der Waals surface area contributed by atoms with Crippen molar-refractivity contribution >= 4 is 10.8 Å². The largest absolute Gasteiger partial charge is 0.228 e. The topological polar surface area (TPSA) is 25.8 Å². The van der Waals surface area contributed by atoms with Crippen LogP contribution < -0.4 is 0 Å². The SMILES string of the molecule is CC1(C)c2cc3ccccc3cc2-c2c(-c3ccc(-c4cccc(-c5cc(-c6cccc(-c7ccccc7)c6)nc(-c6ccccc6)n5)c4)cc3)cccc21. The van der Waals surface area contributed by atoms with Crippen LogP contribution in [0.25, 0.3) is 89.2 Å². The highest BCUT2D eigenvalue weighted by atomic mass is 14.9. The lowest BCUT2D eigenvalue weighted by Crippen LogP contribution is -2.14. The summed E-state index contributed by atoms with van der Waals surface area (Å²) in [6.07, 6.45) is 0. The van der Waals surface area contributed by atoms with E-state index in [0.29, 0.717) is 5.82 Å². The Morgan fingerprint density at radius 1 is 0.327 bits per heavy atom. The van der Waals surface area contributed by atoms with Crippen LogP contribution >= 0.6 is 0 Å². The molecule has 260 valence electrons. The normalized spacial score (nSPS) is 12.7. The lowest BCUT2D eigenvalue weighted by atomic mass is 9.81. The first kappa shape index (κ1) is 32.7. The third kappa shape index (κ3) is 5.84. The van der Waals surface area contributed by atoms with Crippen LogP contribution in [-0.4, -0.2) is 9.97 Å². The lowest BCUT2D eigenvalue weighted by molar-refractivity contribution is 0.661. The van der Waals surface area contributed by atoms with Gasteiger partial charge in [-0.15, -0.1) is 0 Å². The van der Waals surface area contributed by atoms with Gasteiger partial charge in [0, 0.05) is 22.1 Å². The van der Waals surface area contributed by atoms with Gasteiger partial charge in [-0.2, -0.15) is 0 Å². The summed E-state index contributed by atoms with van der Waals surface area (Å²) in [6, 6.07) is 69.6. The molecular weight excluding hydrogens is 665 g/mol. The summed E-state index contributed by atoms with van der Waals surface area (Å²) in [7, 11) is 0. The zero-order valence-corrected chi connectivity index (χ0v) is 30.9. The molecule has 1 heterocycles. The van der Waals surface area contributed by atoms with Gasteiger partial charge in [0.25, 0.3) is 0 Å². The second-order valence-corrected chi connectivity index (χ2v) is 15.0. The molecule has 1 aliphatic carbocycles. The quantitative estimate of drug-likeness (QED) is 0.172. The molecule has 8 aromatic carbocycles. The molecule has 55 heavy (non-hydrogen) atoms. The number of benzene rings is 8. The highest BCUT2D eigenvalue weighted by Crippen LogP contribution is 2.53. The van der Waals surface area contributed by atoms with Crippen molar-refractivity contribution in [1.82, 2.24) is 9.97 Å². The Kier molecular flexibility index (Phi) is 7.85. The van der Waals surface area contributed by atoms with Crippen LogP contribution in [-0.2, 0) is 5.41 Å². The molecule has 2 nitrogen and oxygen atoms in total. The van der Waals surface area contributed by atoms with Gasteiger partial charge in [-0.05, 0) is 96.7 Å². The van der Waals surface area contributed by atoms with Crippen LogP contribution in [0.3, 0.4) is 0 Å². The van der Waals surface area contributed by atoms with Crippen LogP contribution in [0.1, 0.15) is 25.0 Å². The van der Waals surface area contributed by atoms with Crippen LogP contribution in [0.5, 0.6) is 0 Å². The Morgan fingerprint density at radius 3 is 1.45 bits per heavy atom. The highest BCUT2D eigenvalue weighted by Gasteiger charge is 2.37. The monoisotopic (exact) mass is 702 g/mol. The standard InChI is InChI=1S/C53H38N2/c1-53(2)47-25-13-24-45(51(47)46-32-41-18-9-10-19-42(41)33-48(46)53)37-28-26-36(27-29-37)40-21-12-23-44(31-40)50-34-49(54-52(55-50)38-16-7-4-8-17-38)43-22-11-20-39(30-43)35-14-5-3-6-15-35/h3-34H,1-2H3. The summed E-state index contributed by atoms with van der Waals surface area (Å²) >= 11 is 0. The van der Waals surface area contributed by atoms with Crippen molar-refractivity contribution in [2.45, 2.75) is 19.3 Å². The summed E-state index contributed by atoms with van der Waals surface area (Å²) in [4.78, 5) is 10.2. The third-order valence-corrected chi connectivity index (χ3v) is 11.3.